The van der Waals surface area contributed by atoms with E-state index in [2.05, 4.69) is 11.4 Å². The van der Waals surface area contributed by atoms with E-state index >= 15 is 0 Å². The van der Waals surface area contributed by atoms with Gasteiger partial charge in [0, 0.05) is 6.04 Å². The summed E-state index contributed by atoms with van der Waals surface area (Å²) in [5.74, 6) is 0. The molecule has 1 N–H and O–H groups in total. The van der Waals surface area contributed by atoms with E-state index in [1.165, 1.54) is 83.6 Å². The van der Waals surface area contributed by atoms with Crippen molar-refractivity contribution in [2.45, 2.75) is 83.1 Å². The van der Waals surface area contributed by atoms with E-state index in [1.807, 2.05) is 0 Å². The Bertz CT molecular complexity index is 232. The van der Waals surface area contributed by atoms with Crippen LogP contribution in [0.25, 0.3) is 0 Å². The number of nitrogens with one attached hydrogen (secondary N) is 1. The molecule has 1 nitrogen and oxygen atoms in total. The second kappa shape index (κ2) is 7.92. The molecule has 1 saturated carbocycles. The average molecular weight is 235 g/mol. The molecular formula is C16H29N. The smallest absolute Gasteiger partial charge is 0.0318 e. The highest BCUT2D eigenvalue weighted by atomic mass is 14.9. The molecule has 1 atom stereocenters. The van der Waals surface area contributed by atoms with Gasteiger partial charge in [-0.3, -0.25) is 0 Å². The molecule has 1 aliphatic heterocycles. The Morgan fingerprint density at radius 1 is 0.765 bits per heavy atom. The highest BCUT2D eigenvalue weighted by Gasteiger charge is 2.27. The number of rotatable bonds is 0. The molecule has 1 heterocycles. The van der Waals surface area contributed by atoms with E-state index < -0.39 is 0 Å². The van der Waals surface area contributed by atoms with Crippen LogP contribution >= 0.6 is 0 Å². The number of hydrogen-bond acceptors (Lipinski definition) is 1. The molecule has 2 rings (SSSR count). The first-order chi connectivity index (χ1) is 8.47. The lowest BCUT2D eigenvalue weighted by molar-refractivity contribution is 0.540. The van der Waals surface area contributed by atoms with Crippen molar-refractivity contribution in [3.05, 3.63) is 11.6 Å². The van der Waals surface area contributed by atoms with Crippen molar-refractivity contribution in [2.75, 3.05) is 6.54 Å². The SMILES string of the molecule is C1=C2/CC2NCCCCCCCCCCCC/1. The molecule has 0 spiro atoms. The Kier molecular flexibility index (Phi) is 6.12. The summed E-state index contributed by atoms with van der Waals surface area (Å²) in [6.45, 7) is 1.24. The zero-order valence-electron chi connectivity index (χ0n) is 11.3. The van der Waals surface area contributed by atoms with Crippen LogP contribution in [0.15, 0.2) is 11.6 Å². The lowest BCUT2D eigenvalue weighted by atomic mass is 10.1. The van der Waals surface area contributed by atoms with Gasteiger partial charge >= 0.3 is 0 Å². The van der Waals surface area contributed by atoms with Crippen LogP contribution in [0, 0.1) is 0 Å². The first kappa shape index (κ1) is 13.1. The molecule has 0 amide bonds. The van der Waals surface area contributed by atoms with Gasteiger partial charge in [0.1, 0.15) is 0 Å². The molecule has 1 fully saturated rings. The first-order valence-corrected chi connectivity index (χ1v) is 7.89. The lowest BCUT2D eigenvalue weighted by Crippen LogP contribution is -2.17. The molecule has 0 bridgehead atoms. The fourth-order valence-electron chi connectivity index (χ4n) is 2.85. The van der Waals surface area contributed by atoms with E-state index in [0.717, 1.165) is 6.04 Å². The van der Waals surface area contributed by atoms with Crippen molar-refractivity contribution in [3.63, 3.8) is 0 Å². The highest BCUT2D eigenvalue weighted by molar-refractivity contribution is 5.28. The van der Waals surface area contributed by atoms with Crippen LogP contribution in [0.5, 0.6) is 0 Å². The molecule has 1 aliphatic carbocycles. The average Bonchev–Trinajstić information content (AvgIpc) is 3.07. The number of hydrogen-bond donors (Lipinski definition) is 1. The summed E-state index contributed by atoms with van der Waals surface area (Å²) < 4.78 is 0. The lowest BCUT2D eigenvalue weighted by Gasteiger charge is -2.04. The summed E-state index contributed by atoms with van der Waals surface area (Å²) in [7, 11) is 0. The second-order valence-corrected chi connectivity index (χ2v) is 5.81. The molecule has 0 saturated heterocycles. The minimum absolute atomic E-state index is 0.767. The predicted molar refractivity (Wildman–Crippen MR) is 75.3 cm³/mol. The van der Waals surface area contributed by atoms with E-state index in [1.54, 1.807) is 5.57 Å². The molecule has 0 radical (unpaired) electrons. The predicted octanol–water partition coefficient (Wildman–Crippen LogP) is 4.58. The van der Waals surface area contributed by atoms with Crippen molar-refractivity contribution in [2.24, 2.45) is 0 Å². The quantitative estimate of drug-likeness (QED) is 0.606. The number of allylic oxidation sites excluding steroid dienone is 1. The molecule has 0 aromatic carbocycles. The second-order valence-electron chi connectivity index (χ2n) is 5.81. The van der Waals surface area contributed by atoms with E-state index in [9.17, 15) is 0 Å². The first-order valence-electron chi connectivity index (χ1n) is 7.89. The summed E-state index contributed by atoms with van der Waals surface area (Å²) in [6, 6.07) is 0.767. The van der Waals surface area contributed by atoms with Crippen molar-refractivity contribution >= 4 is 0 Å². The zero-order chi connectivity index (χ0) is 11.8. The van der Waals surface area contributed by atoms with Gasteiger partial charge < -0.3 is 5.32 Å². The van der Waals surface area contributed by atoms with Crippen LogP contribution in [0.3, 0.4) is 0 Å². The van der Waals surface area contributed by atoms with Crippen molar-refractivity contribution < 1.29 is 0 Å². The summed E-state index contributed by atoms with van der Waals surface area (Å²) in [5.41, 5.74) is 1.69. The van der Waals surface area contributed by atoms with Gasteiger partial charge in [0.15, 0.2) is 0 Å². The molecule has 98 valence electrons. The van der Waals surface area contributed by atoms with Crippen molar-refractivity contribution in [3.8, 4) is 0 Å². The van der Waals surface area contributed by atoms with Crippen LogP contribution < -0.4 is 5.32 Å². The third-order valence-electron chi connectivity index (χ3n) is 4.16. The Balaban J connectivity index is 1.64. The van der Waals surface area contributed by atoms with E-state index in [4.69, 9.17) is 0 Å². The van der Waals surface area contributed by atoms with Gasteiger partial charge in [-0.25, -0.2) is 0 Å². The zero-order valence-corrected chi connectivity index (χ0v) is 11.3. The Morgan fingerprint density at radius 2 is 1.35 bits per heavy atom. The topological polar surface area (TPSA) is 12.0 Å². The Labute approximate surface area is 107 Å². The highest BCUT2D eigenvalue weighted by Crippen LogP contribution is 2.30. The maximum absolute atomic E-state index is 3.67. The fraction of sp³-hybridized carbons (Fsp3) is 0.875. The molecule has 0 aromatic rings. The number of fused-ring (bicyclic) bond motifs is 1. The molecule has 17 heavy (non-hydrogen) atoms. The van der Waals surface area contributed by atoms with E-state index in [-0.39, 0.29) is 0 Å². The van der Waals surface area contributed by atoms with Gasteiger partial charge in [-0.2, -0.15) is 0 Å². The summed E-state index contributed by atoms with van der Waals surface area (Å²) in [4.78, 5) is 0. The molecule has 1 unspecified atom stereocenters. The van der Waals surface area contributed by atoms with Gasteiger partial charge in [0.25, 0.3) is 0 Å². The standard InChI is InChI=1S/C16H29N/c1-2-4-6-8-10-12-15-14-16(15)17-13-11-9-7-5-3-1/h12,16-17H,1-11,13-14H2/b15-12-. The largest absolute Gasteiger partial charge is 0.310 e. The van der Waals surface area contributed by atoms with E-state index in [0.29, 0.717) is 0 Å². The van der Waals surface area contributed by atoms with Crippen molar-refractivity contribution in [1.82, 2.24) is 5.32 Å². The fourth-order valence-corrected chi connectivity index (χ4v) is 2.85. The van der Waals surface area contributed by atoms with Gasteiger partial charge in [0.2, 0.25) is 0 Å². The summed E-state index contributed by atoms with van der Waals surface area (Å²) >= 11 is 0. The minimum Gasteiger partial charge on any atom is -0.310 e. The van der Waals surface area contributed by atoms with Gasteiger partial charge in [-0.15, -0.1) is 0 Å². The van der Waals surface area contributed by atoms with Gasteiger partial charge in [0.05, 0.1) is 0 Å². The maximum Gasteiger partial charge on any atom is 0.0318 e. The van der Waals surface area contributed by atoms with Crippen LogP contribution in [0.1, 0.15) is 77.0 Å². The molecule has 0 aromatic heterocycles. The van der Waals surface area contributed by atoms with Crippen molar-refractivity contribution in [1.29, 1.82) is 0 Å². The Hall–Kier alpha value is -0.300. The normalized spacial score (nSPS) is 32.2. The van der Waals surface area contributed by atoms with Crippen LogP contribution in [0.2, 0.25) is 0 Å². The maximum atomic E-state index is 3.67. The van der Waals surface area contributed by atoms with Crippen LogP contribution in [0.4, 0.5) is 0 Å². The molecule has 2 aliphatic rings. The summed E-state index contributed by atoms with van der Waals surface area (Å²) in [5, 5.41) is 3.67. The monoisotopic (exact) mass is 235 g/mol. The molecule has 1 heteroatoms. The van der Waals surface area contributed by atoms with Gasteiger partial charge in [-0.05, 0) is 32.2 Å². The molecular weight excluding hydrogens is 206 g/mol. The van der Waals surface area contributed by atoms with Crippen LogP contribution in [-0.2, 0) is 0 Å². The van der Waals surface area contributed by atoms with Gasteiger partial charge in [-0.1, -0.05) is 63.0 Å². The summed E-state index contributed by atoms with van der Waals surface area (Å²) in [6.07, 6.45) is 19.6. The van der Waals surface area contributed by atoms with Crippen LogP contribution in [-0.4, -0.2) is 12.6 Å². The Morgan fingerprint density at radius 3 is 2.06 bits per heavy atom. The third kappa shape index (κ3) is 5.72. The minimum atomic E-state index is 0.767. The third-order valence-corrected chi connectivity index (χ3v) is 4.16.